The summed E-state index contributed by atoms with van der Waals surface area (Å²) < 4.78 is 54.6. The van der Waals surface area contributed by atoms with E-state index >= 15 is 0 Å². The molecule has 0 fully saturated rings. The van der Waals surface area contributed by atoms with Gasteiger partial charge in [-0.15, -0.1) is 0 Å². The van der Waals surface area contributed by atoms with E-state index in [0.29, 0.717) is 12.1 Å². The summed E-state index contributed by atoms with van der Waals surface area (Å²) in [6.45, 7) is -1.42. The van der Waals surface area contributed by atoms with Gasteiger partial charge in [-0.2, -0.15) is 13.2 Å². The van der Waals surface area contributed by atoms with Crippen molar-refractivity contribution in [3.63, 3.8) is 0 Å². The molecular weight excluding hydrogens is 370 g/mol. The van der Waals surface area contributed by atoms with Gasteiger partial charge in [-0.3, -0.25) is 14.9 Å². The minimum Gasteiger partial charge on any atom is -0.485 e. The Balaban J connectivity index is 3.05. The van der Waals surface area contributed by atoms with Crippen molar-refractivity contribution in [2.24, 2.45) is 5.92 Å². The molecule has 1 aromatic carbocycles. The predicted molar refractivity (Wildman–Crippen MR) is 63.4 cm³/mol. The van der Waals surface area contributed by atoms with Gasteiger partial charge in [-0.1, -0.05) is 0 Å². The summed E-state index contributed by atoms with van der Waals surface area (Å²) in [7, 11) is 0. The topological polar surface area (TPSA) is 89.7 Å². The van der Waals surface area contributed by atoms with Gasteiger partial charge in [0.15, 0.2) is 11.7 Å². The van der Waals surface area contributed by atoms with E-state index in [2.05, 4.69) is 20.7 Å². The Kier molecular flexibility index (Phi) is 5.10. The monoisotopic (exact) mass is 375 g/mol. The normalized spacial score (nSPS) is 12.8. The number of halogens is 5. The van der Waals surface area contributed by atoms with Gasteiger partial charge in [0.05, 0.1) is 9.40 Å². The molecule has 0 heterocycles. The Labute approximate surface area is 122 Å². The maximum absolute atomic E-state index is 13.3. The van der Waals surface area contributed by atoms with Gasteiger partial charge in [-0.05, 0) is 15.9 Å². The number of carboxylic acids is 1. The highest BCUT2D eigenvalue weighted by Crippen LogP contribution is 2.34. The second kappa shape index (κ2) is 6.24. The van der Waals surface area contributed by atoms with Gasteiger partial charge in [-0.25, -0.2) is 4.39 Å². The van der Waals surface area contributed by atoms with Crippen LogP contribution in [0.2, 0.25) is 0 Å². The number of benzene rings is 1. The fraction of sp³-hybridized carbons (Fsp3) is 0.300. The van der Waals surface area contributed by atoms with Crippen molar-refractivity contribution in [1.82, 2.24) is 0 Å². The second-order valence-electron chi connectivity index (χ2n) is 3.73. The van der Waals surface area contributed by atoms with Crippen LogP contribution in [0.15, 0.2) is 16.6 Å². The minimum atomic E-state index is -5.10. The zero-order valence-corrected chi connectivity index (χ0v) is 11.4. The van der Waals surface area contributed by atoms with Gasteiger partial charge in [0.2, 0.25) is 0 Å². The summed E-state index contributed by atoms with van der Waals surface area (Å²) in [5.41, 5.74) is -0.797. The van der Waals surface area contributed by atoms with E-state index in [4.69, 9.17) is 5.11 Å². The van der Waals surface area contributed by atoms with Crippen molar-refractivity contribution in [3.8, 4) is 5.75 Å². The van der Waals surface area contributed by atoms with Crippen molar-refractivity contribution in [2.45, 2.75) is 6.18 Å². The lowest BCUT2D eigenvalue weighted by atomic mass is 10.1. The van der Waals surface area contributed by atoms with Crippen LogP contribution in [0.1, 0.15) is 0 Å². The van der Waals surface area contributed by atoms with E-state index in [1.54, 1.807) is 0 Å². The van der Waals surface area contributed by atoms with Crippen LogP contribution in [-0.4, -0.2) is 28.8 Å². The lowest BCUT2D eigenvalue weighted by molar-refractivity contribution is -0.386. The molecule has 0 aliphatic heterocycles. The van der Waals surface area contributed by atoms with Crippen molar-refractivity contribution in [3.05, 3.63) is 32.5 Å². The third-order valence-electron chi connectivity index (χ3n) is 2.30. The standard InChI is InChI=1S/C10H6BrF4NO5/c11-5-1-7(16(19)20)8(2-6(5)12)21-3-4(9(17)18)10(13,14)15/h1-2,4H,3H2,(H,17,18). The van der Waals surface area contributed by atoms with Crippen LogP contribution in [0.25, 0.3) is 0 Å². The van der Waals surface area contributed by atoms with Crippen LogP contribution in [-0.2, 0) is 4.79 Å². The number of hydrogen-bond acceptors (Lipinski definition) is 4. The Bertz CT molecular complexity index is 577. The SMILES string of the molecule is O=C(O)C(COc1cc(F)c(Br)cc1[N+](=O)[O-])C(F)(F)F. The summed E-state index contributed by atoms with van der Waals surface area (Å²) in [5.74, 6) is -6.89. The molecule has 11 heteroatoms. The van der Waals surface area contributed by atoms with E-state index < -0.39 is 46.8 Å². The fourth-order valence-electron chi connectivity index (χ4n) is 1.26. The van der Waals surface area contributed by atoms with E-state index in [9.17, 15) is 32.5 Å². The number of nitro benzene ring substituents is 1. The van der Waals surface area contributed by atoms with E-state index in [0.717, 1.165) is 0 Å². The first kappa shape index (κ1) is 17.1. The zero-order valence-electron chi connectivity index (χ0n) is 9.86. The Morgan fingerprint density at radius 2 is 2.05 bits per heavy atom. The van der Waals surface area contributed by atoms with Crippen molar-refractivity contribution in [2.75, 3.05) is 6.61 Å². The maximum Gasteiger partial charge on any atom is 0.405 e. The van der Waals surface area contributed by atoms with Gasteiger partial charge in [0, 0.05) is 12.1 Å². The molecule has 1 atom stereocenters. The second-order valence-corrected chi connectivity index (χ2v) is 4.59. The highest BCUT2D eigenvalue weighted by atomic mass is 79.9. The maximum atomic E-state index is 13.3. The third kappa shape index (κ3) is 4.28. The van der Waals surface area contributed by atoms with E-state index in [1.165, 1.54) is 0 Å². The van der Waals surface area contributed by atoms with Gasteiger partial charge in [0.1, 0.15) is 12.4 Å². The number of rotatable bonds is 5. The smallest absolute Gasteiger partial charge is 0.405 e. The van der Waals surface area contributed by atoms with Crippen molar-refractivity contribution in [1.29, 1.82) is 0 Å². The Morgan fingerprint density at radius 3 is 2.48 bits per heavy atom. The molecule has 0 aliphatic carbocycles. The first-order valence-corrected chi connectivity index (χ1v) is 5.89. The number of nitrogens with zero attached hydrogens (tertiary/aromatic N) is 1. The number of carboxylic acid groups (broad SMARTS) is 1. The van der Waals surface area contributed by atoms with Crippen molar-refractivity contribution < 1.29 is 37.1 Å². The first-order valence-electron chi connectivity index (χ1n) is 5.09. The Morgan fingerprint density at radius 1 is 1.48 bits per heavy atom. The Hall–Kier alpha value is -1.91. The summed E-state index contributed by atoms with van der Waals surface area (Å²) in [6.07, 6.45) is -5.10. The minimum absolute atomic E-state index is 0.285. The quantitative estimate of drug-likeness (QED) is 0.485. The van der Waals surface area contributed by atoms with E-state index in [1.807, 2.05) is 0 Å². The molecule has 1 rings (SSSR count). The van der Waals surface area contributed by atoms with Gasteiger partial charge >= 0.3 is 17.8 Å². The average Bonchev–Trinajstić information content (AvgIpc) is 2.30. The van der Waals surface area contributed by atoms with Crippen molar-refractivity contribution >= 4 is 27.6 Å². The number of nitro groups is 1. The number of alkyl halides is 3. The van der Waals surface area contributed by atoms with Crippen LogP contribution in [0.4, 0.5) is 23.2 Å². The number of carbonyl (C=O) groups is 1. The van der Waals surface area contributed by atoms with Gasteiger partial charge in [0.25, 0.3) is 0 Å². The molecule has 0 radical (unpaired) electrons. The summed E-state index contributed by atoms with van der Waals surface area (Å²) in [5, 5.41) is 19.2. The van der Waals surface area contributed by atoms with E-state index in [-0.39, 0.29) is 4.47 Å². The summed E-state index contributed by atoms with van der Waals surface area (Å²) >= 11 is 2.67. The molecule has 21 heavy (non-hydrogen) atoms. The molecule has 0 amide bonds. The lowest BCUT2D eigenvalue weighted by Gasteiger charge is -2.16. The highest BCUT2D eigenvalue weighted by molar-refractivity contribution is 9.10. The molecule has 1 aromatic rings. The van der Waals surface area contributed by atoms with Crippen LogP contribution >= 0.6 is 15.9 Å². The summed E-state index contributed by atoms with van der Waals surface area (Å²) in [4.78, 5) is 20.2. The lowest BCUT2D eigenvalue weighted by Crippen LogP contribution is -2.35. The molecule has 6 nitrogen and oxygen atoms in total. The first-order chi connectivity index (χ1) is 9.54. The molecule has 116 valence electrons. The van der Waals surface area contributed by atoms with Crippen LogP contribution < -0.4 is 4.74 Å². The van der Waals surface area contributed by atoms with Gasteiger partial charge < -0.3 is 9.84 Å². The molecule has 1 unspecified atom stereocenters. The largest absolute Gasteiger partial charge is 0.485 e. The molecule has 1 N–H and O–H groups in total. The number of aliphatic carboxylic acids is 1. The molecular formula is C10H6BrF4NO5. The third-order valence-corrected chi connectivity index (χ3v) is 2.90. The molecule has 0 saturated heterocycles. The summed E-state index contributed by atoms with van der Waals surface area (Å²) in [6, 6.07) is 1.20. The van der Waals surface area contributed by atoms with Crippen LogP contribution in [0, 0.1) is 21.8 Å². The highest BCUT2D eigenvalue weighted by Gasteiger charge is 2.46. The zero-order chi connectivity index (χ0) is 16.4. The van der Waals surface area contributed by atoms with Crippen LogP contribution in [0.5, 0.6) is 5.75 Å². The van der Waals surface area contributed by atoms with Crippen LogP contribution in [0.3, 0.4) is 0 Å². The fourth-order valence-corrected chi connectivity index (χ4v) is 1.59. The number of ether oxygens (including phenoxy) is 1. The molecule has 0 bridgehead atoms. The number of hydrogen-bond donors (Lipinski definition) is 1. The molecule has 0 saturated carbocycles. The molecule has 0 aromatic heterocycles. The molecule has 0 aliphatic rings. The predicted octanol–water partition coefficient (Wildman–Crippen LogP) is 3.14. The molecule has 0 spiro atoms. The average molecular weight is 376 g/mol.